The van der Waals surface area contributed by atoms with Crippen molar-refractivity contribution < 1.29 is 4.74 Å². The quantitative estimate of drug-likeness (QED) is 0.848. The van der Waals surface area contributed by atoms with Crippen molar-refractivity contribution in [3.8, 4) is 5.75 Å². The molecule has 1 aromatic rings. The minimum Gasteiger partial charge on any atom is -0.490 e. The number of hydrogen-bond acceptors (Lipinski definition) is 2. The minimum absolute atomic E-state index is 0.320. The fourth-order valence-corrected chi connectivity index (χ4v) is 2.46. The van der Waals surface area contributed by atoms with Gasteiger partial charge in [-0.25, -0.2) is 0 Å². The zero-order valence-electron chi connectivity index (χ0n) is 9.99. The van der Waals surface area contributed by atoms with Crippen LogP contribution < -0.4 is 10.5 Å². The van der Waals surface area contributed by atoms with Crippen molar-refractivity contribution in [3.63, 3.8) is 0 Å². The lowest BCUT2D eigenvalue weighted by Gasteiger charge is -2.31. The molecule has 2 heteroatoms. The highest BCUT2D eigenvalue weighted by Crippen LogP contribution is 2.28. The van der Waals surface area contributed by atoms with Crippen molar-refractivity contribution in [2.24, 2.45) is 11.7 Å². The van der Waals surface area contributed by atoms with Gasteiger partial charge in [-0.3, -0.25) is 0 Å². The van der Waals surface area contributed by atoms with Crippen molar-refractivity contribution in [1.29, 1.82) is 0 Å². The first-order chi connectivity index (χ1) is 7.79. The average molecular weight is 219 g/mol. The zero-order valence-corrected chi connectivity index (χ0v) is 9.99. The normalized spacial score (nSPS) is 25.4. The van der Waals surface area contributed by atoms with Gasteiger partial charge in [0.1, 0.15) is 11.9 Å². The largest absolute Gasteiger partial charge is 0.490 e. The summed E-state index contributed by atoms with van der Waals surface area (Å²) in [6, 6.07) is 8.27. The Balaban J connectivity index is 2.02. The van der Waals surface area contributed by atoms with E-state index in [2.05, 4.69) is 19.1 Å². The molecule has 1 fully saturated rings. The highest BCUT2D eigenvalue weighted by atomic mass is 16.5. The van der Waals surface area contributed by atoms with Gasteiger partial charge in [0.2, 0.25) is 0 Å². The van der Waals surface area contributed by atoms with Gasteiger partial charge in [0.15, 0.2) is 0 Å². The molecule has 2 nitrogen and oxygen atoms in total. The third-order valence-corrected chi connectivity index (χ3v) is 3.42. The maximum atomic E-state index is 6.06. The van der Waals surface area contributed by atoms with Crippen LogP contribution in [0.1, 0.15) is 31.2 Å². The van der Waals surface area contributed by atoms with Crippen LogP contribution in [-0.4, -0.2) is 12.6 Å². The molecule has 0 aromatic heterocycles. The molecule has 1 aliphatic carbocycles. The molecule has 0 saturated heterocycles. The van der Waals surface area contributed by atoms with Crippen molar-refractivity contribution in [2.45, 2.75) is 38.7 Å². The Kier molecular flexibility index (Phi) is 3.83. The topological polar surface area (TPSA) is 35.2 Å². The Morgan fingerprint density at radius 1 is 1.31 bits per heavy atom. The summed E-state index contributed by atoms with van der Waals surface area (Å²) in [5, 5.41) is 0. The molecular weight excluding hydrogens is 198 g/mol. The number of benzene rings is 1. The third-order valence-electron chi connectivity index (χ3n) is 3.42. The second-order valence-corrected chi connectivity index (χ2v) is 4.75. The molecule has 0 heterocycles. The van der Waals surface area contributed by atoms with Gasteiger partial charge < -0.3 is 10.5 Å². The van der Waals surface area contributed by atoms with Crippen LogP contribution in [0.4, 0.5) is 0 Å². The van der Waals surface area contributed by atoms with Crippen LogP contribution in [0.2, 0.25) is 0 Å². The summed E-state index contributed by atoms with van der Waals surface area (Å²) in [5.41, 5.74) is 7.04. The van der Waals surface area contributed by atoms with Crippen molar-refractivity contribution >= 4 is 0 Å². The van der Waals surface area contributed by atoms with Gasteiger partial charge in [-0.1, -0.05) is 18.6 Å². The van der Waals surface area contributed by atoms with Crippen LogP contribution in [0.5, 0.6) is 5.75 Å². The Morgan fingerprint density at radius 2 is 2.12 bits per heavy atom. The van der Waals surface area contributed by atoms with E-state index in [1.54, 1.807) is 0 Å². The second kappa shape index (κ2) is 5.35. The van der Waals surface area contributed by atoms with Crippen LogP contribution in [0, 0.1) is 12.8 Å². The second-order valence-electron chi connectivity index (χ2n) is 4.75. The van der Waals surface area contributed by atoms with E-state index in [1.165, 1.54) is 24.8 Å². The first-order valence-corrected chi connectivity index (χ1v) is 6.23. The van der Waals surface area contributed by atoms with Crippen LogP contribution in [0.25, 0.3) is 0 Å². The molecule has 88 valence electrons. The summed E-state index contributed by atoms with van der Waals surface area (Å²) < 4.78 is 6.06. The number of ether oxygens (including phenoxy) is 1. The fourth-order valence-electron chi connectivity index (χ4n) is 2.46. The Morgan fingerprint density at radius 3 is 2.88 bits per heavy atom. The molecule has 0 bridgehead atoms. The Bertz CT molecular complexity index is 337. The molecule has 0 spiro atoms. The number of nitrogens with two attached hydrogens (primary N) is 1. The van der Waals surface area contributed by atoms with E-state index in [-0.39, 0.29) is 0 Å². The van der Waals surface area contributed by atoms with E-state index in [9.17, 15) is 0 Å². The summed E-state index contributed by atoms with van der Waals surface area (Å²) in [6.45, 7) is 2.84. The van der Waals surface area contributed by atoms with Gasteiger partial charge in [-0.2, -0.15) is 0 Å². The van der Waals surface area contributed by atoms with E-state index < -0.39 is 0 Å². The highest BCUT2D eigenvalue weighted by Gasteiger charge is 2.25. The lowest BCUT2D eigenvalue weighted by atomic mass is 9.86. The van der Waals surface area contributed by atoms with Gasteiger partial charge >= 0.3 is 0 Å². The monoisotopic (exact) mass is 219 g/mol. The van der Waals surface area contributed by atoms with E-state index >= 15 is 0 Å². The third kappa shape index (κ3) is 2.76. The molecule has 0 amide bonds. The summed E-state index contributed by atoms with van der Waals surface area (Å²) in [4.78, 5) is 0. The van der Waals surface area contributed by atoms with Crippen LogP contribution >= 0.6 is 0 Å². The summed E-state index contributed by atoms with van der Waals surface area (Å²) in [7, 11) is 0. The lowest BCUT2D eigenvalue weighted by Crippen LogP contribution is -2.35. The molecule has 2 rings (SSSR count). The van der Waals surface area contributed by atoms with Crippen molar-refractivity contribution in [1.82, 2.24) is 0 Å². The highest BCUT2D eigenvalue weighted by molar-refractivity contribution is 5.27. The number of hydrogen-bond donors (Lipinski definition) is 1. The predicted molar refractivity (Wildman–Crippen MR) is 66.6 cm³/mol. The molecule has 0 radical (unpaired) electrons. The molecule has 1 aromatic carbocycles. The maximum absolute atomic E-state index is 6.06. The standard InChI is InChI=1S/C14H21NO/c1-11-5-4-7-13(9-11)16-14-8-3-2-6-12(14)10-15/h4-5,7,9,12,14H,2-3,6,8,10,15H2,1H3. The molecule has 16 heavy (non-hydrogen) atoms. The summed E-state index contributed by atoms with van der Waals surface area (Å²) >= 11 is 0. The first kappa shape index (κ1) is 11.5. The van der Waals surface area contributed by atoms with Crippen LogP contribution in [0.3, 0.4) is 0 Å². The molecular formula is C14H21NO. The molecule has 2 N–H and O–H groups in total. The molecule has 2 unspecified atom stereocenters. The van der Waals surface area contributed by atoms with Crippen molar-refractivity contribution in [3.05, 3.63) is 29.8 Å². The summed E-state index contributed by atoms with van der Waals surface area (Å²) in [5.74, 6) is 1.53. The van der Waals surface area contributed by atoms with E-state index in [0.29, 0.717) is 12.0 Å². The maximum Gasteiger partial charge on any atom is 0.119 e. The predicted octanol–water partition coefficient (Wildman–Crippen LogP) is 2.89. The SMILES string of the molecule is Cc1cccc(OC2CCCCC2CN)c1. The summed E-state index contributed by atoms with van der Waals surface area (Å²) in [6.07, 6.45) is 5.26. The van der Waals surface area contributed by atoms with Gasteiger partial charge in [-0.05, 0) is 50.4 Å². The zero-order chi connectivity index (χ0) is 11.4. The number of rotatable bonds is 3. The van der Waals surface area contributed by atoms with E-state index in [4.69, 9.17) is 10.5 Å². The first-order valence-electron chi connectivity index (χ1n) is 6.23. The Labute approximate surface area is 97.8 Å². The molecule has 2 atom stereocenters. The Hall–Kier alpha value is -1.02. The van der Waals surface area contributed by atoms with Crippen LogP contribution in [0.15, 0.2) is 24.3 Å². The van der Waals surface area contributed by atoms with E-state index in [1.807, 2.05) is 12.1 Å². The minimum atomic E-state index is 0.320. The lowest BCUT2D eigenvalue weighted by molar-refractivity contribution is 0.0970. The smallest absolute Gasteiger partial charge is 0.119 e. The molecule has 0 aliphatic heterocycles. The molecule has 1 saturated carbocycles. The van der Waals surface area contributed by atoms with Gasteiger partial charge in [0.25, 0.3) is 0 Å². The van der Waals surface area contributed by atoms with E-state index in [0.717, 1.165) is 18.7 Å². The van der Waals surface area contributed by atoms with Gasteiger partial charge in [-0.15, -0.1) is 0 Å². The van der Waals surface area contributed by atoms with Gasteiger partial charge in [0, 0.05) is 5.92 Å². The number of aryl methyl sites for hydroxylation is 1. The van der Waals surface area contributed by atoms with Gasteiger partial charge in [0.05, 0.1) is 0 Å². The molecule has 1 aliphatic rings. The van der Waals surface area contributed by atoms with Crippen molar-refractivity contribution in [2.75, 3.05) is 6.54 Å². The van der Waals surface area contributed by atoms with Crippen LogP contribution in [-0.2, 0) is 0 Å². The fraction of sp³-hybridized carbons (Fsp3) is 0.571. The average Bonchev–Trinajstić information content (AvgIpc) is 2.30.